The maximum Gasteiger partial charge on any atom is 0.407 e. The summed E-state index contributed by atoms with van der Waals surface area (Å²) >= 11 is 0. The van der Waals surface area contributed by atoms with Crippen LogP contribution in [0, 0.1) is 11.8 Å². The van der Waals surface area contributed by atoms with E-state index in [2.05, 4.69) is 5.32 Å². The van der Waals surface area contributed by atoms with Crippen LogP contribution in [0.25, 0.3) is 0 Å². The lowest BCUT2D eigenvalue weighted by Gasteiger charge is -2.31. The molecule has 9 heteroatoms. The van der Waals surface area contributed by atoms with Gasteiger partial charge in [0.2, 0.25) is 0 Å². The molecule has 1 aliphatic heterocycles. The third kappa shape index (κ3) is 7.39. The summed E-state index contributed by atoms with van der Waals surface area (Å²) in [6.07, 6.45) is 0.986. The number of phenolic OH excluding ortho intramolecular Hbond substituents is 2. The number of alkyl carbamates (subject to hydrolysis) is 1. The largest absolute Gasteiger partial charge is 0.508 e. The van der Waals surface area contributed by atoms with Gasteiger partial charge in [0.25, 0.3) is 5.91 Å². The Morgan fingerprint density at radius 1 is 1.08 bits per heavy atom. The second kappa shape index (κ2) is 12.5. The quantitative estimate of drug-likeness (QED) is 0.373. The fraction of sp³-hybridized carbons (Fsp3) is 0.517. The molecule has 0 spiro atoms. The zero-order valence-electron chi connectivity index (χ0n) is 22.0. The van der Waals surface area contributed by atoms with Gasteiger partial charge in [-0.25, -0.2) is 4.79 Å². The van der Waals surface area contributed by atoms with Gasteiger partial charge in [-0.1, -0.05) is 44.2 Å². The maximum atomic E-state index is 13.3. The summed E-state index contributed by atoms with van der Waals surface area (Å²) < 4.78 is 11.4. The van der Waals surface area contributed by atoms with Crippen molar-refractivity contribution >= 4 is 12.0 Å². The van der Waals surface area contributed by atoms with E-state index in [9.17, 15) is 24.9 Å². The van der Waals surface area contributed by atoms with E-state index in [1.807, 2.05) is 44.2 Å². The summed E-state index contributed by atoms with van der Waals surface area (Å²) in [6, 6.07) is 12.5. The summed E-state index contributed by atoms with van der Waals surface area (Å²) in [7, 11) is 0. The molecule has 2 aliphatic rings. The van der Waals surface area contributed by atoms with E-state index in [0.717, 1.165) is 31.1 Å². The summed E-state index contributed by atoms with van der Waals surface area (Å²) in [6.45, 7) is 4.93. The van der Waals surface area contributed by atoms with Crippen LogP contribution < -0.4 is 5.32 Å². The fourth-order valence-corrected chi connectivity index (χ4v) is 5.44. The molecule has 5 atom stereocenters. The molecule has 38 heavy (non-hydrogen) atoms. The van der Waals surface area contributed by atoms with Crippen LogP contribution in [0.15, 0.2) is 48.5 Å². The first-order valence-electron chi connectivity index (χ1n) is 13.3. The van der Waals surface area contributed by atoms with Gasteiger partial charge >= 0.3 is 6.09 Å². The minimum absolute atomic E-state index is 0.0629. The normalized spacial score (nSPS) is 22.1. The van der Waals surface area contributed by atoms with Gasteiger partial charge in [0.05, 0.1) is 18.2 Å². The molecule has 0 bridgehead atoms. The van der Waals surface area contributed by atoms with Gasteiger partial charge in [0, 0.05) is 37.7 Å². The molecule has 4 N–H and O–H groups in total. The number of ether oxygens (including phenoxy) is 2. The van der Waals surface area contributed by atoms with E-state index < -0.39 is 24.1 Å². The van der Waals surface area contributed by atoms with E-state index in [-0.39, 0.29) is 41.7 Å². The minimum Gasteiger partial charge on any atom is -0.508 e. The number of aliphatic hydroxyl groups excluding tert-OH is 1. The van der Waals surface area contributed by atoms with E-state index in [0.29, 0.717) is 25.3 Å². The predicted molar refractivity (Wildman–Crippen MR) is 141 cm³/mol. The molecule has 2 fully saturated rings. The first-order chi connectivity index (χ1) is 18.2. The number of amides is 2. The smallest absolute Gasteiger partial charge is 0.407 e. The minimum atomic E-state index is -1.11. The second-order valence-electron chi connectivity index (χ2n) is 10.8. The Morgan fingerprint density at radius 3 is 2.45 bits per heavy atom. The van der Waals surface area contributed by atoms with Crippen LogP contribution in [0.4, 0.5) is 4.79 Å². The molecule has 1 unspecified atom stereocenters. The summed E-state index contributed by atoms with van der Waals surface area (Å²) in [4.78, 5) is 27.7. The number of phenols is 2. The van der Waals surface area contributed by atoms with Crippen LogP contribution in [0.1, 0.15) is 49.0 Å². The van der Waals surface area contributed by atoms with Crippen LogP contribution in [0.2, 0.25) is 0 Å². The Balaban J connectivity index is 1.47. The van der Waals surface area contributed by atoms with Gasteiger partial charge in [-0.05, 0) is 48.8 Å². The zero-order chi connectivity index (χ0) is 27.2. The topological polar surface area (TPSA) is 129 Å². The molecule has 2 aromatic rings. The van der Waals surface area contributed by atoms with Crippen molar-refractivity contribution in [3.63, 3.8) is 0 Å². The Bertz CT molecular complexity index is 1060. The molecular formula is C29H38N2O7. The van der Waals surface area contributed by atoms with Crippen molar-refractivity contribution in [3.8, 4) is 11.5 Å². The number of aromatic hydroxyl groups is 2. The van der Waals surface area contributed by atoms with Crippen molar-refractivity contribution in [1.29, 1.82) is 0 Å². The number of fused-ring (bicyclic) bond motifs is 1. The van der Waals surface area contributed by atoms with Gasteiger partial charge in [-0.2, -0.15) is 0 Å². The van der Waals surface area contributed by atoms with E-state index in [1.54, 1.807) is 0 Å². The lowest BCUT2D eigenvalue weighted by Crippen LogP contribution is -2.51. The predicted octanol–water partition coefficient (Wildman–Crippen LogP) is 3.46. The number of benzene rings is 2. The monoisotopic (exact) mass is 526 g/mol. The molecule has 9 nitrogen and oxygen atoms in total. The van der Waals surface area contributed by atoms with E-state index >= 15 is 0 Å². The number of hydrogen-bond donors (Lipinski definition) is 4. The van der Waals surface area contributed by atoms with Gasteiger partial charge in [-0.3, -0.25) is 4.79 Å². The van der Waals surface area contributed by atoms with E-state index in [1.165, 1.54) is 17.0 Å². The summed E-state index contributed by atoms with van der Waals surface area (Å²) in [5.74, 6) is -0.391. The highest BCUT2D eigenvalue weighted by Crippen LogP contribution is 2.37. The summed E-state index contributed by atoms with van der Waals surface area (Å²) in [5, 5.41) is 33.9. The molecule has 2 amide bonds. The molecule has 2 aromatic carbocycles. The number of nitrogens with zero attached hydrogens (tertiary/aromatic N) is 1. The first-order valence-corrected chi connectivity index (χ1v) is 13.3. The maximum absolute atomic E-state index is 13.3. The lowest BCUT2D eigenvalue weighted by atomic mass is 10.00. The fourth-order valence-electron chi connectivity index (χ4n) is 5.44. The third-order valence-corrected chi connectivity index (χ3v) is 7.18. The molecular weight excluding hydrogens is 488 g/mol. The molecule has 1 heterocycles. The van der Waals surface area contributed by atoms with Crippen molar-refractivity contribution in [3.05, 3.63) is 59.7 Å². The number of aliphatic hydroxyl groups is 1. The Labute approximate surface area is 223 Å². The third-order valence-electron chi connectivity index (χ3n) is 7.18. The second-order valence-corrected chi connectivity index (χ2v) is 10.8. The molecule has 1 saturated carbocycles. The number of carbonyl (C=O) groups is 2. The van der Waals surface area contributed by atoms with Crippen LogP contribution in [-0.2, 0) is 15.9 Å². The van der Waals surface area contributed by atoms with Crippen molar-refractivity contribution < 1.29 is 34.4 Å². The van der Waals surface area contributed by atoms with Crippen LogP contribution in [-0.4, -0.2) is 76.3 Å². The average Bonchev–Trinajstić information content (AvgIpc) is 3.44. The number of rotatable bonds is 10. The summed E-state index contributed by atoms with van der Waals surface area (Å²) in [5.41, 5.74) is 1.02. The van der Waals surface area contributed by atoms with Crippen LogP contribution in [0.5, 0.6) is 11.5 Å². The Kier molecular flexibility index (Phi) is 9.12. The van der Waals surface area contributed by atoms with E-state index in [4.69, 9.17) is 9.47 Å². The van der Waals surface area contributed by atoms with Gasteiger partial charge in [0.15, 0.2) is 0 Å². The SMILES string of the molecule is CC(C)CN(C[C@@H](O)[C@H](Cc1ccccc1)NC(=O)O[C@@H]1CC2CCO[C@@H]2C1)C(=O)c1cc(O)cc(O)c1. The number of hydrogen-bond acceptors (Lipinski definition) is 7. The Morgan fingerprint density at radius 2 is 1.79 bits per heavy atom. The molecule has 4 rings (SSSR count). The molecule has 1 aliphatic carbocycles. The average molecular weight is 527 g/mol. The molecule has 0 radical (unpaired) electrons. The molecule has 1 saturated heterocycles. The van der Waals surface area contributed by atoms with Gasteiger partial charge in [-0.15, -0.1) is 0 Å². The van der Waals surface area contributed by atoms with Gasteiger partial charge < -0.3 is 35.0 Å². The number of carbonyl (C=O) groups excluding carboxylic acids is 2. The van der Waals surface area contributed by atoms with Crippen molar-refractivity contribution in [2.24, 2.45) is 11.8 Å². The highest BCUT2D eigenvalue weighted by atomic mass is 16.6. The highest BCUT2D eigenvalue weighted by molar-refractivity contribution is 5.95. The zero-order valence-corrected chi connectivity index (χ0v) is 22.0. The van der Waals surface area contributed by atoms with Gasteiger partial charge in [0.1, 0.15) is 17.6 Å². The Hall–Kier alpha value is -3.30. The standard InChI is InChI=1S/C29H38N2O7/c1-18(2)16-31(28(35)21-11-22(32)14-23(33)12-21)17-26(34)25(10-19-6-4-3-5-7-19)30-29(36)38-24-13-20-8-9-37-27(20)15-24/h3-7,11-12,14,18,20,24-27,32-34H,8-10,13,15-17H2,1-2H3,(H,30,36)/t20?,24-,25+,26-,27-/m1/s1. The van der Waals surface area contributed by atoms with Crippen molar-refractivity contribution in [2.45, 2.75) is 63.9 Å². The lowest BCUT2D eigenvalue weighted by molar-refractivity contribution is 0.0436. The van der Waals surface area contributed by atoms with Crippen molar-refractivity contribution in [1.82, 2.24) is 10.2 Å². The first kappa shape index (κ1) is 27.7. The molecule has 0 aromatic heterocycles. The van der Waals surface area contributed by atoms with Crippen LogP contribution >= 0.6 is 0 Å². The molecule has 206 valence electrons. The highest BCUT2D eigenvalue weighted by Gasteiger charge is 2.40. The van der Waals surface area contributed by atoms with Crippen molar-refractivity contribution in [2.75, 3.05) is 19.7 Å². The van der Waals surface area contributed by atoms with Crippen LogP contribution in [0.3, 0.4) is 0 Å². The number of nitrogens with one attached hydrogen (secondary N) is 1.